The maximum Gasteiger partial charge on any atom is 0.160 e. The molecule has 3 nitrogen and oxygen atoms in total. The molecule has 0 heterocycles. The normalized spacial score (nSPS) is 23.4. The van der Waals surface area contributed by atoms with E-state index in [2.05, 4.69) is 26.0 Å². The van der Waals surface area contributed by atoms with Gasteiger partial charge in [-0.05, 0) is 44.4 Å². The highest BCUT2D eigenvalue weighted by Gasteiger charge is 2.26. The molecular weight excluding hydrogens is 238 g/mol. The third-order valence-electron chi connectivity index (χ3n) is 4.15. The van der Waals surface area contributed by atoms with Crippen LogP contribution in [0.5, 0.6) is 11.5 Å². The Bertz CT molecular complexity index is 494. The summed E-state index contributed by atoms with van der Waals surface area (Å²) in [4.78, 5) is 0. The Hall–Kier alpha value is -1.48. The maximum absolute atomic E-state index is 6.32. The number of methoxy groups -OCH3 is 2. The largest absolute Gasteiger partial charge is 0.493 e. The van der Waals surface area contributed by atoms with E-state index < -0.39 is 0 Å². The lowest BCUT2D eigenvalue weighted by Gasteiger charge is -2.31. The summed E-state index contributed by atoms with van der Waals surface area (Å²) < 4.78 is 10.7. The van der Waals surface area contributed by atoms with Gasteiger partial charge in [-0.25, -0.2) is 0 Å². The zero-order valence-corrected chi connectivity index (χ0v) is 12.2. The Balaban J connectivity index is 2.32. The molecule has 2 atom stereocenters. The molecule has 0 radical (unpaired) electrons. The van der Waals surface area contributed by atoms with Crippen LogP contribution >= 0.6 is 0 Å². The molecule has 3 heteroatoms. The van der Waals surface area contributed by atoms with Gasteiger partial charge in [-0.3, -0.25) is 0 Å². The molecule has 0 amide bonds. The molecule has 0 spiro atoms. The molecule has 19 heavy (non-hydrogen) atoms. The first-order valence-corrected chi connectivity index (χ1v) is 6.69. The highest BCUT2D eigenvalue weighted by atomic mass is 16.5. The van der Waals surface area contributed by atoms with Gasteiger partial charge in [0.15, 0.2) is 11.5 Å². The van der Waals surface area contributed by atoms with Gasteiger partial charge in [0, 0.05) is 12.0 Å². The maximum atomic E-state index is 6.32. The van der Waals surface area contributed by atoms with Gasteiger partial charge in [0.1, 0.15) is 0 Å². The van der Waals surface area contributed by atoms with Crippen LogP contribution in [-0.4, -0.2) is 20.3 Å². The van der Waals surface area contributed by atoms with Crippen molar-refractivity contribution in [2.24, 2.45) is 5.73 Å². The SMILES string of the molecule is COc1ccc([C@@H]2CC(C)=C(C)C[C@@H]2N)cc1OC. The van der Waals surface area contributed by atoms with Crippen molar-refractivity contribution in [2.45, 2.75) is 38.6 Å². The van der Waals surface area contributed by atoms with Gasteiger partial charge in [-0.1, -0.05) is 17.2 Å². The van der Waals surface area contributed by atoms with E-state index in [9.17, 15) is 0 Å². The Morgan fingerprint density at radius 1 is 1.00 bits per heavy atom. The van der Waals surface area contributed by atoms with Gasteiger partial charge in [0.25, 0.3) is 0 Å². The molecule has 1 aromatic rings. The molecule has 0 saturated carbocycles. The van der Waals surface area contributed by atoms with Gasteiger partial charge in [-0.15, -0.1) is 0 Å². The van der Waals surface area contributed by atoms with Crippen molar-refractivity contribution in [2.75, 3.05) is 14.2 Å². The summed E-state index contributed by atoms with van der Waals surface area (Å²) in [6.45, 7) is 4.38. The number of benzene rings is 1. The van der Waals surface area contributed by atoms with Crippen LogP contribution in [0.4, 0.5) is 0 Å². The monoisotopic (exact) mass is 261 g/mol. The van der Waals surface area contributed by atoms with Crippen LogP contribution in [0.3, 0.4) is 0 Å². The predicted octanol–water partition coefficient (Wildman–Crippen LogP) is 3.24. The minimum atomic E-state index is 0.182. The second-order valence-corrected chi connectivity index (χ2v) is 5.35. The van der Waals surface area contributed by atoms with Gasteiger partial charge >= 0.3 is 0 Å². The van der Waals surface area contributed by atoms with E-state index in [0.29, 0.717) is 5.92 Å². The average Bonchev–Trinajstić information content (AvgIpc) is 2.42. The number of ether oxygens (including phenoxy) is 2. The first-order chi connectivity index (χ1) is 9.06. The second-order valence-electron chi connectivity index (χ2n) is 5.35. The summed E-state index contributed by atoms with van der Waals surface area (Å²) >= 11 is 0. The van der Waals surface area contributed by atoms with Gasteiger partial charge in [0.2, 0.25) is 0 Å². The highest BCUT2D eigenvalue weighted by Crippen LogP contribution is 2.38. The topological polar surface area (TPSA) is 44.5 Å². The van der Waals surface area contributed by atoms with Crippen molar-refractivity contribution in [3.8, 4) is 11.5 Å². The Morgan fingerprint density at radius 3 is 2.26 bits per heavy atom. The number of hydrogen-bond acceptors (Lipinski definition) is 3. The van der Waals surface area contributed by atoms with E-state index in [0.717, 1.165) is 24.3 Å². The molecule has 1 aliphatic rings. The zero-order valence-electron chi connectivity index (χ0n) is 12.2. The zero-order chi connectivity index (χ0) is 14.0. The van der Waals surface area contributed by atoms with Crippen molar-refractivity contribution in [3.05, 3.63) is 34.9 Å². The van der Waals surface area contributed by atoms with Crippen molar-refractivity contribution < 1.29 is 9.47 Å². The van der Waals surface area contributed by atoms with Gasteiger partial charge in [0.05, 0.1) is 14.2 Å². The van der Waals surface area contributed by atoms with Crippen molar-refractivity contribution in [1.29, 1.82) is 0 Å². The van der Waals surface area contributed by atoms with Crippen LogP contribution in [0.1, 0.15) is 38.2 Å². The fourth-order valence-electron chi connectivity index (χ4n) is 2.77. The molecule has 2 N–H and O–H groups in total. The van der Waals surface area contributed by atoms with Crippen molar-refractivity contribution in [3.63, 3.8) is 0 Å². The summed E-state index contributed by atoms with van der Waals surface area (Å²) in [6, 6.07) is 6.29. The fraction of sp³-hybridized carbons (Fsp3) is 0.500. The fourth-order valence-corrected chi connectivity index (χ4v) is 2.77. The molecule has 0 aromatic heterocycles. The van der Waals surface area contributed by atoms with Crippen LogP contribution in [0.25, 0.3) is 0 Å². The van der Waals surface area contributed by atoms with Crippen LogP contribution in [0.15, 0.2) is 29.3 Å². The first-order valence-electron chi connectivity index (χ1n) is 6.69. The van der Waals surface area contributed by atoms with Crippen LogP contribution in [0, 0.1) is 0 Å². The quantitative estimate of drug-likeness (QED) is 0.849. The van der Waals surface area contributed by atoms with E-state index >= 15 is 0 Å². The number of allylic oxidation sites excluding steroid dienone is 1. The third kappa shape index (κ3) is 2.76. The molecule has 0 bridgehead atoms. The van der Waals surface area contributed by atoms with Gasteiger partial charge < -0.3 is 15.2 Å². The molecule has 0 unspecified atom stereocenters. The van der Waals surface area contributed by atoms with Crippen LogP contribution < -0.4 is 15.2 Å². The molecule has 2 rings (SSSR count). The number of rotatable bonds is 3. The molecule has 104 valence electrons. The smallest absolute Gasteiger partial charge is 0.160 e. The molecule has 0 fully saturated rings. The summed E-state index contributed by atoms with van der Waals surface area (Å²) in [7, 11) is 3.32. The van der Waals surface area contributed by atoms with Crippen LogP contribution in [0.2, 0.25) is 0 Å². The number of nitrogens with two attached hydrogens (primary N) is 1. The lowest BCUT2D eigenvalue weighted by Crippen LogP contribution is -2.32. The predicted molar refractivity (Wildman–Crippen MR) is 77.9 cm³/mol. The Kier molecular flexibility index (Phi) is 4.15. The molecule has 1 aliphatic carbocycles. The van der Waals surface area contributed by atoms with E-state index in [-0.39, 0.29) is 6.04 Å². The van der Waals surface area contributed by atoms with Gasteiger partial charge in [-0.2, -0.15) is 0 Å². The molecule has 0 saturated heterocycles. The summed E-state index contributed by atoms with van der Waals surface area (Å²) in [5.74, 6) is 1.90. The van der Waals surface area contributed by atoms with E-state index in [1.54, 1.807) is 14.2 Å². The standard InChI is InChI=1S/C16H23NO2/c1-10-7-13(14(17)8-11(10)2)12-5-6-15(18-3)16(9-12)19-4/h5-6,9,13-14H,7-8,17H2,1-4H3/t13-,14-/m0/s1. The molecular formula is C16H23NO2. The third-order valence-corrected chi connectivity index (χ3v) is 4.15. The van der Waals surface area contributed by atoms with E-state index in [1.807, 2.05) is 6.07 Å². The van der Waals surface area contributed by atoms with E-state index in [4.69, 9.17) is 15.2 Å². The van der Waals surface area contributed by atoms with E-state index in [1.165, 1.54) is 16.7 Å². The minimum Gasteiger partial charge on any atom is -0.493 e. The summed E-state index contributed by atoms with van der Waals surface area (Å²) in [6.07, 6.45) is 2.01. The second kappa shape index (κ2) is 5.66. The molecule has 1 aromatic carbocycles. The first kappa shape index (κ1) is 13.9. The minimum absolute atomic E-state index is 0.182. The lowest BCUT2D eigenvalue weighted by atomic mass is 9.78. The Labute approximate surface area is 115 Å². The summed E-state index contributed by atoms with van der Waals surface area (Å²) in [5, 5.41) is 0. The highest BCUT2D eigenvalue weighted by molar-refractivity contribution is 5.45. The van der Waals surface area contributed by atoms with Crippen LogP contribution in [-0.2, 0) is 0 Å². The average molecular weight is 261 g/mol. The lowest BCUT2D eigenvalue weighted by molar-refractivity contribution is 0.353. The Morgan fingerprint density at radius 2 is 1.63 bits per heavy atom. The van der Waals surface area contributed by atoms with Crippen molar-refractivity contribution >= 4 is 0 Å². The summed E-state index contributed by atoms with van der Waals surface area (Å²) in [5.41, 5.74) is 10.4. The molecule has 0 aliphatic heterocycles. The number of hydrogen-bond donors (Lipinski definition) is 1. The van der Waals surface area contributed by atoms with Crippen molar-refractivity contribution in [1.82, 2.24) is 0 Å².